The number of hydrogen-bond acceptors (Lipinski definition) is 3. The van der Waals surface area contributed by atoms with Crippen LogP contribution in [-0.4, -0.2) is 26.3 Å². The lowest BCUT2D eigenvalue weighted by atomic mass is 9.95. The highest BCUT2D eigenvalue weighted by Gasteiger charge is 2.25. The Balaban J connectivity index is 1.76. The molecule has 0 saturated heterocycles. The van der Waals surface area contributed by atoms with Crippen molar-refractivity contribution >= 4 is 27.7 Å². The molecule has 5 rings (SSSR count). The minimum atomic E-state index is -0.230. The van der Waals surface area contributed by atoms with E-state index in [9.17, 15) is 9.59 Å². The van der Waals surface area contributed by atoms with Crippen molar-refractivity contribution in [1.82, 2.24) is 19.7 Å². The molecule has 6 heteroatoms. The molecule has 1 aliphatic carbocycles. The van der Waals surface area contributed by atoms with Gasteiger partial charge in [0.1, 0.15) is 5.52 Å². The molecule has 158 valence electrons. The van der Waals surface area contributed by atoms with E-state index in [2.05, 4.69) is 10.4 Å². The van der Waals surface area contributed by atoms with E-state index in [1.807, 2.05) is 67.1 Å². The third-order valence-electron chi connectivity index (χ3n) is 6.37. The van der Waals surface area contributed by atoms with E-state index in [0.717, 1.165) is 42.1 Å². The first kappa shape index (κ1) is 19.5. The van der Waals surface area contributed by atoms with Gasteiger partial charge in [0.05, 0.1) is 5.69 Å². The molecular formula is C25H26N4O2. The molecule has 2 heterocycles. The van der Waals surface area contributed by atoms with Crippen LogP contribution in [0.4, 0.5) is 0 Å². The minimum absolute atomic E-state index is 0.160. The van der Waals surface area contributed by atoms with Crippen molar-refractivity contribution in [3.05, 3.63) is 70.1 Å². The third-order valence-corrected chi connectivity index (χ3v) is 6.37. The van der Waals surface area contributed by atoms with E-state index in [1.165, 1.54) is 11.1 Å². The highest BCUT2D eigenvalue weighted by molar-refractivity contribution is 6.16. The lowest BCUT2D eigenvalue weighted by Crippen LogP contribution is -2.38. The molecule has 0 aliphatic heterocycles. The summed E-state index contributed by atoms with van der Waals surface area (Å²) in [4.78, 5) is 26.9. The predicted octanol–water partition coefficient (Wildman–Crippen LogP) is 4.25. The van der Waals surface area contributed by atoms with Crippen LogP contribution in [0.5, 0.6) is 0 Å². The second kappa shape index (κ2) is 7.69. The van der Waals surface area contributed by atoms with Gasteiger partial charge in [-0.25, -0.2) is 0 Å². The summed E-state index contributed by atoms with van der Waals surface area (Å²) in [6, 6.07) is 15.6. The molecule has 1 fully saturated rings. The molecule has 0 spiro atoms. The molecule has 1 amide bonds. The second-order valence-electron chi connectivity index (χ2n) is 8.51. The van der Waals surface area contributed by atoms with Gasteiger partial charge < -0.3 is 9.88 Å². The fourth-order valence-electron chi connectivity index (χ4n) is 4.70. The monoisotopic (exact) mass is 414 g/mol. The van der Waals surface area contributed by atoms with Crippen molar-refractivity contribution in [2.24, 2.45) is 7.05 Å². The number of nitrogens with zero attached hydrogens (tertiary/aromatic N) is 3. The summed E-state index contributed by atoms with van der Waals surface area (Å²) in [6.07, 6.45) is 5.45. The average molecular weight is 415 g/mol. The number of fused-ring (bicyclic) bond motifs is 3. The maximum atomic E-state index is 13.5. The maximum Gasteiger partial charge on any atom is 0.296 e. The van der Waals surface area contributed by atoms with E-state index < -0.39 is 0 Å². The summed E-state index contributed by atoms with van der Waals surface area (Å²) in [6.45, 7) is 2.00. The quantitative estimate of drug-likeness (QED) is 0.545. The van der Waals surface area contributed by atoms with Gasteiger partial charge in [-0.3, -0.25) is 9.59 Å². The second-order valence-corrected chi connectivity index (χ2v) is 8.51. The zero-order valence-electron chi connectivity index (χ0n) is 17.9. The van der Waals surface area contributed by atoms with Crippen molar-refractivity contribution in [3.63, 3.8) is 0 Å². The van der Waals surface area contributed by atoms with Crippen molar-refractivity contribution in [1.29, 1.82) is 0 Å². The van der Waals surface area contributed by atoms with Crippen LogP contribution in [0.2, 0.25) is 0 Å². The summed E-state index contributed by atoms with van der Waals surface area (Å²) in [5.74, 6) is -0.214. The molecule has 0 radical (unpaired) electrons. The van der Waals surface area contributed by atoms with Gasteiger partial charge in [-0.15, -0.1) is 0 Å². The first-order chi connectivity index (χ1) is 15.0. The van der Waals surface area contributed by atoms with Crippen LogP contribution in [0, 0.1) is 6.92 Å². The number of aryl methyl sites for hydroxylation is 2. The van der Waals surface area contributed by atoms with E-state index in [1.54, 1.807) is 0 Å². The maximum absolute atomic E-state index is 13.5. The number of amides is 1. The summed E-state index contributed by atoms with van der Waals surface area (Å²) in [5.41, 5.74) is 3.21. The molecule has 0 bridgehead atoms. The van der Waals surface area contributed by atoms with Crippen LogP contribution < -0.4 is 10.9 Å². The summed E-state index contributed by atoms with van der Waals surface area (Å²) in [5, 5.41) is 9.29. The van der Waals surface area contributed by atoms with Crippen molar-refractivity contribution < 1.29 is 4.79 Å². The molecule has 2 aromatic heterocycles. The molecule has 0 unspecified atom stereocenters. The molecule has 1 N–H and O–H groups in total. The van der Waals surface area contributed by atoms with E-state index in [-0.39, 0.29) is 17.5 Å². The third kappa shape index (κ3) is 3.32. The predicted molar refractivity (Wildman–Crippen MR) is 123 cm³/mol. The Morgan fingerprint density at radius 2 is 1.74 bits per heavy atom. The topological polar surface area (TPSA) is 68.9 Å². The Hall–Kier alpha value is -3.41. The van der Waals surface area contributed by atoms with Gasteiger partial charge in [0.25, 0.3) is 11.5 Å². The normalized spacial score (nSPS) is 14.9. The van der Waals surface area contributed by atoms with E-state index >= 15 is 0 Å². The molecule has 1 aliphatic rings. The number of carbonyl (C=O) groups is 1. The van der Waals surface area contributed by atoms with Gasteiger partial charge >= 0.3 is 0 Å². The molecule has 6 nitrogen and oxygen atoms in total. The van der Waals surface area contributed by atoms with Gasteiger partial charge in [0.2, 0.25) is 0 Å². The minimum Gasteiger partial charge on any atom is -0.348 e. The van der Waals surface area contributed by atoms with Crippen molar-refractivity contribution in [2.45, 2.75) is 45.1 Å². The number of benzene rings is 2. The van der Waals surface area contributed by atoms with Crippen LogP contribution in [0.3, 0.4) is 0 Å². The van der Waals surface area contributed by atoms with Crippen molar-refractivity contribution in [3.8, 4) is 5.69 Å². The summed E-state index contributed by atoms with van der Waals surface area (Å²) in [7, 11) is 1.87. The van der Waals surface area contributed by atoms with Crippen LogP contribution in [0.1, 0.15) is 48.2 Å². The SMILES string of the molecule is Cc1ccc(-n2nc(C(=O)NC3CCCCC3)c3c4ccccc4n(C)c3c2=O)cc1. The Kier molecular flexibility index (Phi) is 4.85. The van der Waals surface area contributed by atoms with Crippen LogP contribution in [0.25, 0.3) is 27.5 Å². The molecule has 4 aromatic rings. The first-order valence-electron chi connectivity index (χ1n) is 10.9. The first-order valence-corrected chi connectivity index (χ1v) is 10.9. The van der Waals surface area contributed by atoms with Gasteiger partial charge in [-0.2, -0.15) is 9.78 Å². The number of nitrogens with one attached hydrogen (secondary N) is 1. The van der Waals surface area contributed by atoms with Crippen LogP contribution in [0.15, 0.2) is 53.3 Å². The lowest BCUT2D eigenvalue weighted by molar-refractivity contribution is 0.0923. The Bertz CT molecular complexity index is 1340. The molecule has 0 atom stereocenters. The standard InChI is InChI=1S/C25H26N4O2/c1-16-12-14-18(15-13-16)29-25(31)23-21(19-10-6-7-11-20(19)28(23)2)22(27-29)24(30)26-17-8-4-3-5-9-17/h6-7,10-15,17H,3-5,8-9H2,1-2H3,(H,26,30). The number of carbonyl (C=O) groups excluding carboxylic acids is 1. The fraction of sp³-hybridized carbons (Fsp3) is 0.320. The highest BCUT2D eigenvalue weighted by Crippen LogP contribution is 2.29. The smallest absolute Gasteiger partial charge is 0.296 e. The van der Waals surface area contributed by atoms with Crippen molar-refractivity contribution in [2.75, 3.05) is 0 Å². The van der Waals surface area contributed by atoms with Gasteiger partial charge in [-0.1, -0.05) is 55.2 Å². The molecular weight excluding hydrogens is 388 g/mol. The van der Waals surface area contributed by atoms with Gasteiger partial charge in [-0.05, 0) is 38.0 Å². The number of rotatable bonds is 3. The van der Waals surface area contributed by atoms with E-state index in [4.69, 9.17) is 0 Å². The molecule has 1 saturated carbocycles. The van der Waals surface area contributed by atoms with Gasteiger partial charge in [0, 0.05) is 29.4 Å². The van der Waals surface area contributed by atoms with Crippen LogP contribution in [-0.2, 0) is 7.05 Å². The Morgan fingerprint density at radius 3 is 2.48 bits per heavy atom. The highest BCUT2D eigenvalue weighted by atomic mass is 16.2. The molecule has 2 aromatic carbocycles. The van der Waals surface area contributed by atoms with Gasteiger partial charge in [0.15, 0.2) is 5.69 Å². The zero-order chi connectivity index (χ0) is 21.5. The van der Waals surface area contributed by atoms with E-state index in [0.29, 0.717) is 22.3 Å². The zero-order valence-corrected chi connectivity index (χ0v) is 17.9. The summed E-state index contributed by atoms with van der Waals surface area (Å²) < 4.78 is 3.23. The number of hydrogen-bond donors (Lipinski definition) is 1. The summed E-state index contributed by atoms with van der Waals surface area (Å²) >= 11 is 0. The fourth-order valence-corrected chi connectivity index (χ4v) is 4.70. The largest absolute Gasteiger partial charge is 0.348 e. The lowest BCUT2D eigenvalue weighted by Gasteiger charge is -2.22. The Labute approximate surface area is 180 Å². The average Bonchev–Trinajstić information content (AvgIpc) is 3.09. The molecule has 31 heavy (non-hydrogen) atoms. The number of aromatic nitrogens is 3. The van der Waals surface area contributed by atoms with Crippen LogP contribution >= 0.6 is 0 Å². The Morgan fingerprint density at radius 1 is 1.03 bits per heavy atom. The number of para-hydroxylation sites is 1.